The van der Waals surface area contributed by atoms with Crippen LogP contribution in [0.3, 0.4) is 0 Å². The molecule has 0 spiro atoms. The topological polar surface area (TPSA) is 96.5 Å². The van der Waals surface area contributed by atoms with Crippen LogP contribution in [0.4, 0.5) is 4.39 Å². The van der Waals surface area contributed by atoms with Crippen molar-refractivity contribution in [2.75, 3.05) is 33.4 Å². The molecule has 2 aromatic rings. The molecule has 0 aromatic heterocycles. The summed E-state index contributed by atoms with van der Waals surface area (Å²) in [7, 11) is -1.97. The zero-order valence-corrected chi connectivity index (χ0v) is 21.0. The predicted molar refractivity (Wildman–Crippen MR) is 133 cm³/mol. The largest absolute Gasteiger partial charge is 0.381 e. The summed E-state index contributed by atoms with van der Waals surface area (Å²) in [5, 5.41) is 7.82. The normalized spacial score (nSPS) is 25.6. The summed E-state index contributed by atoms with van der Waals surface area (Å²) in [6.07, 6.45) is 1.31. The van der Waals surface area contributed by atoms with E-state index in [1.807, 2.05) is 43.3 Å². The molecule has 4 rings (SSSR count). The van der Waals surface area contributed by atoms with E-state index in [0.717, 1.165) is 11.1 Å². The molecule has 1 amide bonds. The van der Waals surface area contributed by atoms with Gasteiger partial charge in [0.2, 0.25) is 5.91 Å². The van der Waals surface area contributed by atoms with E-state index < -0.39 is 31.7 Å². The lowest BCUT2D eigenvalue weighted by atomic mass is 9.82. The molecule has 190 valence electrons. The zero-order valence-electron chi connectivity index (χ0n) is 20.2. The number of nitrogens with one attached hydrogen (secondary N) is 3. The van der Waals surface area contributed by atoms with Crippen molar-refractivity contribution < 1.29 is 22.3 Å². The van der Waals surface area contributed by atoms with E-state index in [1.165, 1.54) is 6.07 Å². The summed E-state index contributed by atoms with van der Waals surface area (Å²) < 4.78 is 48.1. The van der Waals surface area contributed by atoms with Gasteiger partial charge in [-0.05, 0) is 48.9 Å². The Kier molecular flexibility index (Phi) is 7.90. The minimum absolute atomic E-state index is 0.0910. The van der Waals surface area contributed by atoms with Crippen LogP contribution in [0, 0.1) is 5.82 Å². The highest BCUT2D eigenvalue weighted by atomic mass is 32.2. The second kappa shape index (κ2) is 10.7. The SMILES string of the molecule is CNC(=O)CNC1(c2ccc(CC3[C@H](C)NC[C@@H](c4ccccc4)S3(=O)=O)c(F)c2)CCOCC1. The summed E-state index contributed by atoms with van der Waals surface area (Å²) in [5.74, 6) is -0.579. The first-order valence-corrected chi connectivity index (χ1v) is 13.7. The number of carbonyl (C=O) groups is 1. The molecule has 35 heavy (non-hydrogen) atoms. The van der Waals surface area contributed by atoms with Gasteiger partial charge in [-0.3, -0.25) is 10.1 Å². The van der Waals surface area contributed by atoms with Crippen LogP contribution >= 0.6 is 0 Å². The highest BCUT2D eigenvalue weighted by Crippen LogP contribution is 2.35. The number of benzene rings is 2. The van der Waals surface area contributed by atoms with E-state index >= 15 is 4.39 Å². The van der Waals surface area contributed by atoms with Crippen molar-refractivity contribution in [3.05, 3.63) is 71.0 Å². The number of halogens is 1. The molecule has 2 aliphatic heterocycles. The summed E-state index contributed by atoms with van der Waals surface area (Å²) in [6, 6.07) is 13.9. The molecular formula is C26H34FN3O4S. The molecule has 3 atom stereocenters. The van der Waals surface area contributed by atoms with E-state index in [0.29, 0.717) is 38.2 Å². The number of carbonyl (C=O) groups excluding carboxylic acids is 1. The van der Waals surface area contributed by atoms with Gasteiger partial charge >= 0.3 is 0 Å². The number of likely N-dealkylation sites (N-methyl/N-ethyl adjacent to an activating group) is 1. The fourth-order valence-corrected chi connectivity index (χ4v) is 7.52. The third-order valence-corrected chi connectivity index (χ3v) is 10.1. The number of amides is 1. The van der Waals surface area contributed by atoms with E-state index in [2.05, 4.69) is 16.0 Å². The van der Waals surface area contributed by atoms with Crippen molar-refractivity contribution in [1.29, 1.82) is 0 Å². The fraction of sp³-hybridized carbons (Fsp3) is 0.500. The Morgan fingerprint density at radius 3 is 2.54 bits per heavy atom. The number of hydrogen-bond donors (Lipinski definition) is 3. The maximum Gasteiger partial charge on any atom is 0.233 e. The van der Waals surface area contributed by atoms with Crippen LogP contribution in [0.2, 0.25) is 0 Å². The molecule has 1 unspecified atom stereocenters. The van der Waals surface area contributed by atoms with Crippen LogP contribution in [0.25, 0.3) is 0 Å². The first kappa shape index (κ1) is 25.8. The standard InChI is InChI=1S/C26H34FN3O4S/c1-18-23(35(32,33)24(16-29-18)19-6-4-3-5-7-19)14-20-8-9-21(15-22(20)27)26(10-12-34-13-11-26)30-17-25(31)28-2/h3-9,15,18,23-24,29-30H,10-14,16-17H2,1-2H3,(H,28,31)/t18-,23?,24-/m0/s1. The van der Waals surface area contributed by atoms with E-state index in [1.54, 1.807) is 13.1 Å². The average Bonchev–Trinajstić information content (AvgIpc) is 2.86. The molecule has 3 N–H and O–H groups in total. The van der Waals surface area contributed by atoms with Crippen molar-refractivity contribution in [2.45, 2.75) is 48.3 Å². The molecule has 9 heteroatoms. The summed E-state index contributed by atoms with van der Waals surface area (Å²) in [6.45, 7) is 3.32. The molecule has 0 bridgehead atoms. The molecule has 2 aromatic carbocycles. The Balaban J connectivity index is 1.58. The van der Waals surface area contributed by atoms with Crippen molar-refractivity contribution in [3.63, 3.8) is 0 Å². The lowest BCUT2D eigenvalue weighted by molar-refractivity contribution is -0.120. The smallest absolute Gasteiger partial charge is 0.233 e. The van der Waals surface area contributed by atoms with Crippen LogP contribution in [-0.2, 0) is 31.3 Å². The van der Waals surface area contributed by atoms with Gasteiger partial charge in [-0.1, -0.05) is 42.5 Å². The summed E-state index contributed by atoms with van der Waals surface area (Å²) in [5.41, 5.74) is 1.29. The third kappa shape index (κ3) is 5.43. The minimum atomic E-state index is -3.55. The van der Waals surface area contributed by atoms with Crippen LogP contribution in [0.15, 0.2) is 48.5 Å². The van der Waals surface area contributed by atoms with Gasteiger partial charge in [0.1, 0.15) is 5.82 Å². The highest BCUT2D eigenvalue weighted by molar-refractivity contribution is 7.92. The molecule has 2 saturated heterocycles. The van der Waals surface area contributed by atoms with Gasteiger partial charge in [-0.25, -0.2) is 12.8 Å². The Morgan fingerprint density at radius 1 is 1.17 bits per heavy atom. The first-order chi connectivity index (χ1) is 16.8. The van der Waals surface area contributed by atoms with Crippen molar-refractivity contribution in [1.82, 2.24) is 16.0 Å². The average molecular weight is 504 g/mol. The Hall–Kier alpha value is -2.33. The number of hydrogen-bond acceptors (Lipinski definition) is 6. The molecular weight excluding hydrogens is 469 g/mol. The van der Waals surface area contributed by atoms with Crippen molar-refractivity contribution in [2.24, 2.45) is 0 Å². The highest BCUT2D eigenvalue weighted by Gasteiger charge is 2.43. The molecule has 2 aliphatic rings. The fourth-order valence-electron chi connectivity index (χ4n) is 5.16. The zero-order chi connectivity index (χ0) is 25.1. The van der Waals surface area contributed by atoms with Gasteiger partial charge in [0, 0.05) is 38.4 Å². The second-order valence-corrected chi connectivity index (χ2v) is 11.8. The van der Waals surface area contributed by atoms with E-state index in [9.17, 15) is 13.2 Å². The van der Waals surface area contributed by atoms with E-state index in [4.69, 9.17) is 4.74 Å². The number of rotatable bonds is 7. The molecule has 2 heterocycles. The van der Waals surface area contributed by atoms with E-state index in [-0.39, 0.29) is 24.9 Å². The summed E-state index contributed by atoms with van der Waals surface area (Å²) in [4.78, 5) is 11.8. The van der Waals surface area contributed by atoms with Crippen molar-refractivity contribution >= 4 is 15.7 Å². The molecule has 0 aliphatic carbocycles. The molecule has 0 saturated carbocycles. The quantitative estimate of drug-likeness (QED) is 0.536. The Bertz CT molecular complexity index is 1140. The molecule has 2 fully saturated rings. The van der Waals surface area contributed by atoms with Crippen LogP contribution in [-0.4, -0.2) is 59.0 Å². The van der Waals surface area contributed by atoms with Crippen LogP contribution in [0.1, 0.15) is 41.7 Å². The Morgan fingerprint density at radius 2 is 1.89 bits per heavy atom. The second-order valence-electron chi connectivity index (χ2n) is 9.46. The maximum atomic E-state index is 15.4. The monoisotopic (exact) mass is 503 g/mol. The summed E-state index contributed by atoms with van der Waals surface area (Å²) >= 11 is 0. The van der Waals surface area contributed by atoms with Gasteiger partial charge in [0.25, 0.3) is 0 Å². The van der Waals surface area contributed by atoms with Crippen LogP contribution < -0.4 is 16.0 Å². The minimum Gasteiger partial charge on any atom is -0.381 e. The van der Waals surface area contributed by atoms with Gasteiger partial charge in [-0.2, -0.15) is 0 Å². The lowest BCUT2D eigenvalue weighted by Crippen LogP contribution is -2.53. The molecule has 7 nitrogen and oxygen atoms in total. The number of ether oxygens (including phenoxy) is 1. The van der Waals surface area contributed by atoms with Gasteiger partial charge in [0.15, 0.2) is 9.84 Å². The Labute approximate surface area is 206 Å². The first-order valence-electron chi connectivity index (χ1n) is 12.1. The molecule has 0 radical (unpaired) electrons. The maximum absolute atomic E-state index is 15.4. The van der Waals surface area contributed by atoms with Gasteiger partial charge < -0.3 is 15.4 Å². The van der Waals surface area contributed by atoms with Crippen LogP contribution in [0.5, 0.6) is 0 Å². The predicted octanol–water partition coefficient (Wildman–Crippen LogP) is 2.23. The number of sulfone groups is 1. The van der Waals surface area contributed by atoms with Crippen molar-refractivity contribution in [3.8, 4) is 0 Å². The van der Waals surface area contributed by atoms with Gasteiger partial charge in [-0.15, -0.1) is 0 Å². The third-order valence-electron chi connectivity index (χ3n) is 7.41. The lowest BCUT2D eigenvalue weighted by Gasteiger charge is -2.39. The van der Waals surface area contributed by atoms with Gasteiger partial charge in [0.05, 0.1) is 17.0 Å².